The van der Waals surface area contributed by atoms with Gasteiger partial charge in [0.25, 0.3) is 0 Å². The molecule has 1 aliphatic carbocycles. The van der Waals surface area contributed by atoms with E-state index in [2.05, 4.69) is 38.3 Å². The fourth-order valence-corrected chi connectivity index (χ4v) is 2.90. The summed E-state index contributed by atoms with van der Waals surface area (Å²) in [6.07, 6.45) is 16.9. The van der Waals surface area contributed by atoms with Crippen molar-refractivity contribution >= 4 is 17.0 Å². The van der Waals surface area contributed by atoms with Crippen LogP contribution in [0, 0.1) is 43.4 Å². The number of rotatable bonds is 7. The second-order valence-electron chi connectivity index (χ2n) is 6.21. The first-order valence-electron chi connectivity index (χ1n) is 9.00. The van der Waals surface area contributed by atoms with E-state index in [4.69, 9.17) is 5.73 Å². The number of anilines is 1. The van der Waals surface area contributed by atoms with E-state index in [0.717, 1.165) is 24.5 Å². The van der Waals surface area contributed by atoms with Crippen LogP contribution < -0.4 is 5.73 Å². The summed E-state index contributed by atoms with van der Waals surface area (Å²) in [6, 6.07) is 0. The highest BCUT2D eigenvalue weighted by molar-refractivity contribution is 5.82. The molecule has 5 nitrogen and oxygen atoms in total. The molecule has 0 unspecified atom stereocenters. The number of hydrogen-bond acceptors (Lipinski definition) is 4. The molecule has 25 heavy (non-hydrogen) atoms. The van der Waals surface area contributed by atoms with Gasteiger partial charge in [-0.05, 0) is 38.0 Å². The smallest absolute Gasteiger partial charge is 0.187 e. The summed E-state index contributed by atoms with van der Waals surface area (Å²) in [7, 11) is 0. The van der Waals surface area contributed by atoms with E-state index in [1.165, 1.54) is 38.4 Å². The molecule has 5 heteroatoms. The highest BCUT2D eigenvalue weighted by Gasteiger charge is 2.16. The number of nitrogens with zero attached hydrogens (tertiary/aromatic N) is 4. The molecule has 0 amide bonds. The third-order valence-electron chi connectivity index (χ3n) is 4.28. The van der Waals surface area contributed by atoms with Crippen LogP contribution in [-0.4, -0.2) is 19.5 Å². The third kappa shape index (κ3) is 4.50. The Morgan fingerprint density at radius 1 is 1.00 bits per heavy atom. The zero-order valence-corrected chi connectivity index (χ0v) is 14.7. The van der Waals surface area contributed by atoms with Gasteiger partial charge in [0, 0.05) is 6.54 Å². The van der Waals surface area contributed by atoms with E-state index >= 15 is 0 Å². The maximum absolute atomic E-state index is 5.96. The van der Waals surface area contributed by atoms with Gasteiger partial charge in [0.15, 0.2) is 22.8 Å². The largest absolute Gasteiger partial charge is 0.382 e. The number of nitrogen functional groups attached to an aromatic ring is 1. The number of hydrogen-bond donors (Lipinski definition) is 1. The molecular formula is C20H24N5. The zero-order valence-electron chi connectivity index (χ0n) is 14.7. The van der Waals surface area contributed by atoms with Gasteiger partial charge < -0.3 is 10.3 Å². The highest BCUT2D eigenvalue weighted by Crippen LogP contribution is 2.23. The summed E-state index contributed by atoms with van der Waals surface area (Å²) in [5, 5.41) is 0. The Labute approximate surface area is 150 Å². The van der Waals surface area contributed by atoms with Gasteiger partial charge in [0.2, 0.25) is 0 Å². The molecule has 0 atom stereocenters. The van der Waals surface area contributed by atoms with Crippen LogP contribution in [0.2, 0.25) is 0 Å². The maximum Gasteiger partial charge on any atom is 0.187 e. The lowest BCUT2D eigenvalue weighted by atomic mass is 10.1. The Morgan fingerprint density at radius 3 is 2.56 bits per heavy atom. The molecule has 2 aromatic rings. The first-order valence-corrected chi connectivity index (χ1v) is 9.00. The van der Waals surface area contributed by atoms with Gasteiger partial charge in [-0.15, -0.1) is 0 Å². The van der Waals surface area contributed by atoms with Crippen molar-refractivity contribution in [1.82, 2.24) is 19.5 Å². The number of fused-ring (bicyclic) bond motifs is 1. The first kappa shape index (κ1) is 17.7. The zero-order chi connectivity index (χ0) is 17.5. The van der Waals surface area contributed by atoms with Crippen LogP contribution in [-0.2, 0) is 6.54 Å². The molecule has 0 spiro atoms. The van der Waals surface area contributed by atoms with Gasteiger partial charge in [-0.1, -0.05) is 44.9 Å². The number of nitrogens with two attached hydrogens (primary N) is 1. The molecule has 3 rings (SSSR count). The monoisotopic (exact) mass is 334 g/mol. The summed E-state index contributed by atoms with van der Waals surface area (Å²) in [4.78, 5) is 13.0. The molecule has 1 fully saturated rings. The summed E-state index contributed by atoms with van der Waals surface area (Å²) < 4.78 is 2.07. The third-order valence-corrected chi connectivity index (χ3v) is 4.28. The van der Waals surface area contributed by atoms with Crippen molar-refractivity contribution in [3.05, 3.63) is 43.8 Å². The normalized spacial score (nSPS) is 14.8. The van der Waals surface area contributed by atoms with Crippen LogP contribution in [0.25, 0.3) is 11.2 Å². The lowest BCUT2D eigenvalue weighted by molar-refractivity contribution is 0.560. The number of aryl methyl sites for hydroxylation is 1. The Bertz CT molecular complexity index is 747. The van der Waals surface area contributed by atoms with E-state index in [1.54, 1.807) is 0 Å². The molecule has 0 aromatic carbocycles. The number of aromatic nitrogens is 4. The van der Waals surface area contributed by atoms with Crippen LogP contribution in [0.5, 0.6) is 0 Å². The van der Waals surface area contributed by atoms with Crippen molar-refractivity contribution in [2.45, 2.75) is 52.0 Å². The second kappa shape index (κ2) is 8.84. The number of unbranched alkanes of at least 4 members (excludes halogenated alkanes) is 5. The summed E-state index contributed by atoms with van der Waals surface area (Å²) >= 11 is 0. The van der Waals surface area contributed by atoms with Crippen LogP contribution in [0.4, 0.5) is 5.82 Å². The molecule has 0 bridgehead atoms. The summed E-state index contributed by atoms with van der Waals surface area (Å²) in [5.41, 5.74) is 7.37. The molecule has 1 aliphatic rings. The average molecular weight is 334 g/mol. The minimum Gasteiger partial charge on any atom is -0.382 e. The minimum atomic E-state index is 0.406. The van der Waals surface area contributed by atoms with Crippen LogP contribution in [0.15, 0.2) is 6.33 Å². The SMILES string of the molecule is CCCCCCCCn1c(C#C[C]2[CH][CH][CH][CH]2)nc2c(N)ncnc21. The molecule has 5 radical (unpaired) electrons. The van der Waals surface area contributed by atoms with Crippen LogP contribution in [0.3, 0.4) is 0 Å². The topological polar surface area (TPSA) is 69.6 Å². The van der Waals surface area contributed by atoms with Gasteiger partial charge in [0.1, 0.15) is 6.33 Å². The van der Waals surface area contributed by atoms with Crippen molar-refractivity contribution in [1.29, 1.82) is 0 Å². The molecule has 0 aliphatic heterocycles. The van der Waals surface area contributed by atoms with Crippen LogP contribution >= 0.6 is 0 Å². The minimum absolute atomic E-state index is 0.406. The Balaban J connectivity index is 1.76. The molecule has 0 saturated heterocycles. The number of imidazole rings is 1. The average Bonchev–Trinajstić information content (AvgIpc) is 3.25. The second-order valence-corrected chi connectivity index (χ2v) is 6.21. The van der Waals surface area contributed by atoms with Crippen LogP contribution in [0.1, 0.15) is 51.3 Å². The molecule has 2 N–H and O–H groups in total. The van der Waals surface area contributed by atoms with Crippen molar-refractivity contribution < 1.29 is 0 Å². The quantitative estimate of drug-likeness (QED) is 0.621. The summed E-state index contributed by atoms with van der Waals surface area (Å²) in [5.74, 6) is 8.42. The molecule has 2 aromatic heterocycles. The van der Waals surface area contributed by atoms with Gasteiger partial charge in [-0.3, -0.25) is 0 Å². The van der Waals surface area contributed by atoms with Gasteiger partial charge >= 0.3 is 0 Å². The van der Waals surface area contributed by atoms with Gasteiger partial charge in [-0.2, -0.15) is 0 Å². The molecule has 129 valence electrons. The van der Waals surface area contributed by atoms with E-state index in [0.29, 0.717) is 17.2 Å². The Hall–Kier alpha value is -2.09. The van der Waals surface area contributed by atoms with E-state index in [9.17, 15) is 0 Å². The fraction of sp³-hybridized carbons (Fsp3) is 0.400. The maximum atomic E-state index is 5.96. The van der Waals surface area contributed by atoms with E-state index in [-0.39, 0.29) is 0 Å². The lowest BCUT2D eigenvalue weighted by Gasteiger charge is -2.06. The Morgan fingerprint density at radius 2 is 1.76 bits per heavy atom. The Kier molecular flexibility index (Phi) is 6.27. The van der Waals surface area contributed by atoms with Gasteiger partial charge in [0.05, 0.1) is 5.92 Å². The first-order chi connectivity index (χ1) is 12.3. The molecular weight excluding hydrogens is 310 g/mol. The molecule has 1 saturated carbocycles. The predicted octanol–water partition coefficient (Wildman–Crippen LogP) is 3.53. The van der Waals surface area contributed by atoms with Crippen molar-refractivity contribution in [3.8, 4) is 11.8 Å². The van der Waals surface area contributed by atoms with Crippen molar-refractivity contribution in [2.75, 3.05) is 5.73 Å². The van der Waals surface area contributed by atoms with E-state index < -0.39 is 0 Å². The van der Waals surface area contributed by atoms with Crippen molar-refractivity contribution in [3.63, 3.8) is 0 Å². The standard InChI is InChI=1S/C20H24N5/c1-2-3-4-5-6-9-14-25-17(13-12-16-10-7-8-11-16)24-18-19(21)22-15-23-20(18)25/h7-8,10-11,15H,2-6,9,14H2,1H3,(H2,21,22,23). The van der Waals surface area contributed by atoms with E-state index in [1.807, 2.05) is 25.7 Å². The van der Waals surface area contributed by atoms with Gasteiger partial charge in [-0.25, -0.2) is 15.0 Å². The highest BCUT2D eigenvalue weighted by atomic mass is 15.1. The summed E-state index contributed by atoms with van der Waals surface area (Å²) in [6.45, 7) is 3.09. The molecule has 2 heterocycles. The lowest BCUT2D eigenvalue weighted by Crippen LogP contribution is -2.03. The van der Waals surface area contributed by atoms with Crippen molar-refractivity contribution in [2.24, 2.45) is 0 Å². The fourth-order valence-electron chi connectivity index (χ4n) is 2.90. The predicted molar refractivity (Wildman–Crippen MR) is 100 cm³/mol.